The van der Waals surface area contributed by atoms with Gasteiger partial charge >= 0.3 is 0 Å². The number of anilines is 2. The molecule has 31 heavy (non-hydrogen) atoms. The average molecular weight is 413 g/mol. The molecule has 0 atom stereocenters. The maximum Gasteiger partial charge on any atom is 0.254 e. The number of amides is 1. The van der Waals surface area contributed by atoms with E-state index in [1.165, 1.54) is 0 Å². The zero-order valence-electron chi connectivity index (χ0n) is 17.2. The molecular formula is C23H23N7O. The molecule has 8 nitrogen and oxygen atoms in total. The third-order valence-electron chi connectivity index (χ3n) is 5.12. The Morgan fingerprint density at radius 2 is 2.00 bits per heavy atom. The number of aryl methyl sites for hydroxylation is 1. The summed E-state index contributed by atoms with van der Waals surface area (Å²) in [6, 6.07) is 13.6. The van der Waals surface area contributed by atoms with Crippen molar-refractivity contribution in [3.63, 3.8) is 0 Å². The van der Waals surface area contributed by atoms with E-state index in [0.717, 1.165) is 48.4 Å². The molecule has 156 valence electrons. The molecule has 2 N–H and O–H groups in total. The molecule has 0 unspecified atom stereocenters. The second kappa shape index (κ2) is 8.14. The fourth-order valence-electron chi connectivity index (χ4n) is 3.36. The number of fused-ring (bicyclic) bond motifs is 1. The molecular weight excluding hydrogens is 390 g/mol. The molecule has 1 aliphatic carbocycles. The number of nitrogens with one attached hydrogen (secondary N) is 2. The summed E-state index contributed by atoms with van der Waals surface area (Å²) in [5, 5.41) is 11.1. The number of nitrogens with zero attached hydrogens (tertiary/aromatic N) is 5. The van der Waals surface area contributed by atoms with Gasteiger partial charge in [-0.3, -0.25) is 9.78 Å². The molecule has 0 bridgehead atoms. The lowest BCUT2D eigenvalue weighted by molar-refractivity contribution is 0.0951. The second-order valence-electron chi connectivity index (χ2n) is 7.72. The highest BCUT2D eigenvalue weighted by atomic mass is 16.1. The number of hydrogen-bond acceptors (Lipinski definition) is 6. The zero-order valence-corrected chi connectivity index (χ0v) is 17.2. The number of benzene rings is 1. The van der Waals surface area contributed by atoms with E-state index in [1.54, 1.807) is 16.9 Å². The Morgan fingerprint density at radius 1 is 1.16 bits per heavy atom. The molecule has 1 aromatic carbocycles. The second-order valence-corrected chi connectivity index (χ2v) is 7.72. The summed E-state index contributed by atoms with van der Waals surface area (Å²) >= 11 is 0. The Bertz CT molecular complexity index is 1210. The van der Waals surface area contributed by atoms with Crippen molar-refractivity contribution in [1.82, 2.24) is 29.9 Å². The largest absolute Gasteiger partial charge is 0.349 e. The van der Waals surface area contributed by atoms with Crippen molar-refractivity contribution in [1.29, 1.82) is 0 Å². The first-order valence-corrected chi connectivity index (χ1v) is 10.5. The van der Waals surface area contributed by atoms with Crippen molar-refractivity contribution in [2.24, 2.45) is 0 Å². The van der Waals surface area contributed by atoms with Crippen LogP contribution in [0, 0.1) is 0 Å². The molecule has 3 aromatic heterocycles. The first-order valence-electron chi connectivity index (χ1n) is 10.5. The van der Waals surface area contributed by atoms with E-state index in [2.05, 4.69) is 37.6 Å². The van der Waals surface area contributed by atoms with Gasteiger partial charge in [0.1, 0.15) is 5.82 Å². The van der Waals surface area contributed by atoms with Crippen molar-refractivity contribution in [3.8, 4) is 11.4 Å². The Labute approximate surface area is 179 Å². The number of carbonyl (C=O) groups excluding carboxylic acids is 1. The summed E-state index contributed by atoms with van der Waals surface area (Å²) in [7, 11) is 0. The van der Waals surface area contributed by atoms with E-state index in [4.69, 9.17) is 0 Å². The van der Waals surface area contributed by atoms with Crippen molar-refractivity contribution < 1.29 is 4.79 Å². The van der Waals surface area contributed by atoms with Gasteiger partial charge in [-0.25, -0.2) is 4.98 Å². The number of pyridine rings is 1. The monoisotopic (exact) mass is 413 g/mol. The van der Waals surface area contributed by atoms with Crippen molar-refractivity contribution in [3.05, 3.63) is 66.1 Å². The van der Waals surface area contributed by atoms with Crippen LogP contribution >= 0.6 is 0 Å². The van der Waals surface area contributed by atoms with Gasteiger partial charge in [-0.15, -0.1) is 5.10 Å². The average Bonchev–Trinajstić information content (AvgIpc) is 3.50. The summed E-state index contributed by atoms with van der Waals surface area (Å²) in [6.45, 7) is 2.12. The van der Waals surface area contributed by atoms with Gasteiger partial charge in [0.25, 0.3) is 11.7 Å². The highest BCUT2D eigenvalue weighted by Crippen LogP contribution is 2.23. The summed E-state index contributed by atoms with van der Waals surface area (Å²) in [5.41, 5.74) is 3.30. The summed E-state index contributed by atoms with van der Waals surface area (Å²) in [4.78, 5) is 25.6. The molecule has 3 heterocycles. The van der Waals surface area contributed by atoms with Crippen molar-refractivity contribution in [2.45, 2.75) is 38.6 Å². The lowest BCUT2D eigenvalue weighted by atomic mass is 10.2. The normalized spacial score (nSPS) is 13.3. The molecule has 1 fully saturated rings. The predicted octanol–water partition coefficient (Wildman–Crippen LogP) is 3.77. The van der Waals surface area contributed by atoms with Crippen LogP contribution in [-0.2, 0) is 6.42 Å². The molecule has 5 rings (SSSR count). The van der Waals surface area contributed by atoms with Gasteiger partial charge < -0.3 is 10.6 Å². The smallest absolute Gasteiger partial charge is 0.254 e. The van der Waals surface area contributed by atoms with Crippen LogP contribution in [0.15, 0.2) is 54.9 Å². The molecule has 0 spiro atoms. The summed E-state index contributed by atoms with van der Waals surface area (Å²) in [6.07, 6.45) is 7.43. The van der Waals surface area contributed by atoms with Crippen LogP contribution in [0.2, 0.25) is 0 Å². The van der Waals surface area contributed by atoms with E-state index in [0.29, 0.717) is 23.2 Å². The number of carbonyl (C=O) groups is 1. The minimum absolute atomic E-state index is 0.0250. The third kappa shape index (κ3) is 4.23. The van der Waals surface area contributed by atoms with Crippen LogP contribution in [0.1, 0.15) is 42.2 Å². The first kappa shape index (κ1) is 19.2. The lowest BCUT2D eigenvalue weighted by Gasteiger charge is -2.10. The number of rotatable bonds is 7. The molecule has 0 saturated heterocycles. The lowest BCUT2D eigenvalue weighted by Crippen LogP contribution is -2.25. The molecule has 4 aromatic rings. The van der Waals surface area contributed by atoms with Gasteiger partial charge in [-0.2, -0.15) is 9.50 Å². The number of hydrogen-bond donors (Lipinski definition) is 2. The Balaban J connectivity index is 1.46. The standard InChI is InChI=1S/C23H23N7O/c1-2-4-19-13-20(25-17-8-6-15(7-9-17)22(31)26-18-10-11-18)30-23(27-19)28-21(29-30)16-5-3-12-24-14-16/h3,5-9,12-14,18,25H,2,4,10-11H2,1H3,(H,26,31). The van der Waals surface area contributed by atoms with E-state index in [1.807, 2.05) is 42.5 Å². The van der Waals surface area contributed by atoms with Crippen LogP contribution in [0.4, 0.5) is 11.5 Å². The highest BCUT2D eigenvalue weighted by molar-refractivity contribution is 5.95. The van der Waals surface area contributed by atoms with E-state index >= 15 is 0 Å². The maximum absolute atomic E-state index is 12.2. The predicted molar refractivity (Wildman–Crippen MR) is 118 cm³/mol. The van der Waals surface area contributed by atoms with Crippen molar-refractivity contribution >= 4 is 23.2 Å². The molecule has 0 aliphatic heterocycles. The van der Waals surface area contributed by atoms with E-state index in [-0.39, 0.29) is 5.91 Å². The summed E-state index contributed by atoms with van der Waals surface area (Å²) in [5.74, 6) is 1.85. The Hall–Kier alpha value is -3.81. The fourth-order valence-corrected chi connectivity index (χ4v) is 3.36. The SMILES string of the molecule is CCCc1cc(Nc2ccc(C(=O)NC3CC3)cc2)n2nc(-c3cccnc3)nc2n1. The fraction of sp³-hybridized carbons (Fsp3) is 0.261. The van der Waals surface area contributed by atoms with Crippen LogP contribution < -0.4 is 10.6 Å². The minimum Gasteiger partial charge on any atom is -0.349 e. The molecule has 0 radical (unpaired) electrons. The van der Waals surface area contributed by atoms with Gasteiger partial charge in [0.2, 0.25) is 0 Å². The Morgan fingerprint density at radius 3 is 2.71 bits per heavy atom. The zero-order chi connectivity index (χ0) is 21.2. The van der Waals surface area contributed by atoms with E-state index < -0.39 is 0 Å². The first-order chi connectivity index (χ1) is 15.2. The van der Waals surface area contributed by atoms with Gasteiger partial charge in [0.05, 0.1) is 0 Å². The van der Waals surface area contributed by atoms with Gasteiger partial charge in [-0.05, 0) is 55.7 Å². The maximum atomic E-state index is 12.2. The summed E-state index contributed by atoms with van der Waals surface area (Å²) < 4.78 is 1.70. The topological polar surface area (TPSA) is 97.1 Å². The molecule has 1 amide bonds. The van der Waals surface area contributed by atoms with Crippen LogP contribution in [0.3, 0.4) is 0 Å². The van der Waals surface area contributed by atoms with Crippen LogP contribution in [0.5, 0.6) is 0 Å². The van der Waals surface area contributed by atoms with Crippen LogP contribution in [-0.4, -0.2) is 36.5 Å². The molecule has 8 heteroatoms. The van der Waals surface area contributed by atoms with Gasteiger partial charge in [-0.1, -0.05) is 13.3 Å². The van der Waals surface area contributed by atoms with Crippen LogP contribution in [0.25, 0.3) is 17.2 Å². The highest BCUT2D eigenvalue weighted by Gasteiger charge is 2.23. The van der Waals surface area contributed by atoms with Gasteiger partial charge in [0, 0.05) is 47.0 Å². The third-order valence-corrected chi connectivity index (χ3v) is 5.12. The quantitative estimate of drug-likeness (QED) is 0.479. The van der Waals surface area contributed by atoms with E-state index in [9.17, 15) is 4.79 Å². The Kier molecular flexibility index (Phi) is 5.03. The van der Waals surface area contributed by atoms with Crippen molar-refractivity contribution in [2.75, 3.05) is 5.32 Å². The molecule has 1 saturated carbocycles. The number of aromatic nitrogens is 5. The minimum atomic E-state index is -0.0250. The molecule has 1 aliphatic rings. The van der Waals surface area contributed by atoms with Gasteiger partial charge in [0.15, 0.2) is 5.82 Å².